The van der Waals surface area contributed by atoms with Crippen LogP contribution in [0, 0.1) is 0 Å². The van der Waals surface area contributed by atoms with Gasteiger partial charge >= 0.3 is 6.09 Å². The minimum atomic E-state index is -0.799. The van der Waals surface area contributed by atoms with Crippen LogP contribution >= 0.6 is 55.4 Å². The summed E-state index contributed by atoms with van der Waals surface area (Å²) in [5, 5.41) is 7.41. The smallest absolute Gasteiger partial charge is 0.411 e. The number of amides is 3. The second-order valence-corrected chi connectivity index (χ2v) is 15.8. The third-order valence-electron chi connectivity index (χ3n) is 7.29. The highest BCUT2D eigenvalue weighted by atomic mass is 79.9. The number of anilines is 1. The maximum atomic E-state index is 12.9. The van der Waals surface area contributed by atoms with E-state index in [1.54, 1.807) is 50.7 Å². The van der Waals surface area contributed by atoms with Gasteiger partial charge in [-0.05, 0) is 57.2 Å². The molecule has 2 atom stereocenters. The molecule has 0 saturated carbocycles. The van der Waals surface area contributed by atoms with Crippen LogP contribution in [0.3, 0.4) is 0 Å². The van der Waals surface area contributed by atoms with E-state index in [1.807, 2.05) is 18.2 Å². The van der Waals surface area contributed by atoms with E-state index in [4.69, 9.17) is 19.3 Å². The summed E-state index contributed by atoms with van der Waals surface area (Å²) in [4.78, 5) is 58.1. The predicted molar refractivity (Wildman–Crippen MR) is 193 cm³/mol. The highest BCUT2D eigenvalue weighted by molar-refractivity contribution is 9.10. The Labute approximate surface area is 298 Å². The fourth-order valence-corrected chi connectivity index (χ4v) is 7.93. The molecule has 0 bridgehead atoms. The van der Waals surface area contributed by atoms with Crippen molar-refractivity contribution >= 4 is 112 Å². The zero-order valence-electron chi connectivity index (χ0n) is 25.8. The van der Waals surface area contributed by atoms with Crippen molar-refractivity contribution in [2.24, 2.45) is 5.73 Å². The number of primary amides is 1. The van der Waals surface area contributed by atoms with E-state index < -0.39 is 29.6 Å². The van der Waals surface area contributed by atoms with E-state index in [0.29, 0.717) is 39.5 Å². The van der Waals surface area contributed by atoms with Crippen molar-refractivity contribution in [3.05, 3.63) is 67.3 Å². The average Bonchev–Trinajstić information content (AvgIpc) is 3.82. The minimum absolute atomic E-state index is 0.0919. The van der Waals surface area contributed by atoms with Gasteiger partial charge in [0.1, 0.15) is 39.8 Å². The lowest BCUT2D eigenvalue weighted by atomic mass is 10.2. The number of carbonyl (C=O) groups excluding carboxylic acids is 3. The molecule has 0 radical (unpaired) electrons. The first-order valence-corrected chi connectivity index (χ1v) is 18.5. The largest absolute Gasteiger partial charge is 0.449 e. The molecule has 2 aromatic carbocycles. The van der Waals surface area contributed by atoms with Gasteiger partial charge in [0.25, 0.3) is 11.5 Å². The number of H-pyrrole nitrogens is 1. The first-order valence-electron chi connectivity index (χ1n) is 14.6. The number of nitrogens with one attached hydrogen (secondary N) is 3. The zero-order valence-corrected chi connectivity index (χ0v) is 30.7. The number of thioether (sulfide) groups is 2. The van der Waals surface area contributed by atoms with Gasteiger partial charge in [0.2, 0.25) is 17.3 Å². The Hall–Kier alpha value is -3.51. The van der Waals surface area contributed by atoms with Gasteiger partial charge in [0.05, 0.1) is 11.9 Å². The lowest BCUT2D eigenvalue weighted by Crippen LogP contribution is -2.46. The van der Waals surface area contributed by atoms with Gasteiger partial charge in [-0.1, -0.05) is 31.9 Å². The number of furan rings is 2. The maximum absolute atomic E-state index is 12.9. The topological polar surface area (TPSA) is 186 Å². The summed E-state index contributed by atoms with van der Waals surface area (Å²) >= 11 is 10.0. The third-order valence-corrected chi connectivity index (χ3v) is 10.2. The Morgan fingerprint density at radius 2 is 1.73 bits per heavy atom. The van der Waals surface area contributed by atoms with Gasteiger partial charge in [0.15, 0.2) is 0 Å². The van der Waals surface area contributed by atoms with Gasteiger partial charge in [0, 0.05) is 37.1 Å². The number of benzene rings is 2. The summed E-state index contributed by atoms with van der Waals surface area (Å²) in [6.45, 7) is 5.29. The molecule has 7 rings (SSSR count). The van der Waals surface area contributed by atoms with Crippen LogP contribution in [0.25, 0.3) is 33.0 Å². The van der Waals surface area contributed by atoms with E-state index in [1.165, 1.54) is 16.7 Å². The summed E-state index contributed by atoms with van der Waals surface area (Å²) in [6.07, 6.45) is -0.562. The third kappa shape index (κ3) is 7.24. The second-order valence-electron chi connectivity index (χ2n) is 11.9. The summed E-state index contributed by atoms with van der Waals surface area (Å²) in [6, 6.07) is 10.1. The number of carbonyl (C=O) groups is 3. The molecule has 5 N–H and O–H groups in total. The fraction of sp³-hybridized carbons (Fsp3) is 0.323. The van der Waals surface area contributed by atoms with Crippen molar-refractivity contribution in [2.75, 3.05) is 28.6 Å². The highest BCUT2D eigenvalue weighted by Crippen LogP contribution is 2.34. The number of nitrogens with zero attached hydrogens (tertiary/aromatic N) is 2. The summed E-state index contributed by atoms with van der Waals surface area (Å²) in [7, 11) is 0. The maximum Gasteiger partial charge on any atom is 0.411 e. The van der Waals surface area contributed by atoms with Crippen LogP contribution in [0.5, 0.6) is 0 Å². The molecule has 0 unspecified atom stereocenters. The molecule has 2 saturated heterocycles. The Kier molecular flexibility index (Phi) is 9.86. The Bertz CT molecular complexity index is 2120. The lowest BCUT2D eigenvalue weighted by Gasteiger charge is -2.27. The van der Waals surface area contributed by atoms with E-state index in [9.17, 15) is 19.2 Å². The molecule has 2 aliphatic rings. The van der Waals surface area contributed by atoms with Crippen LogP contribution in [0.4, 0.5) is 10.5 Å². The monoisotopic (exact) mass is 820 g/mol. The molecule has 3 amide bonds. The van der Waals surface area contributed by atoms with Crippen LogP contribution in [0.15, 0.2) is 59.0 Å². The molecule has 2 fully saturated rings. The minimum Gasteiger partial charge on any atom is -0.449 e. The van der Waals surface area contributed by atoms with Crippen molar-refractivity contribution in [3.63, 3.8) is 0 Å². The van der Waals surface area contributed by atoms with Crippen LogP contribution in [-0.2, 0) is 9.53 Å². The SMILES string of the molecule is CC(C)(C)OC(=O)N1CSC[C@H]1C(=O)Nc1c(C(N)=O)oc2ccc(Br)cc12.O=c1[nH]c([C@@H]2CSCN2)nc2c1oc1ccc(Br)cc12. The highest BCUT2D eigenvalue weighted by Gasteiger charge is 2.38. The molecule has 13 nitrogen and oxygen atoms in total. The Balaban J connectivity index is 0.000000176. The van der Waals surface area contributed by atoms with Gasteiger partial charge in [-0.3, -0.25) is 24.6 Å². The standard InChI is InChI=1S/C18H20BrN3O5S.C13H10BrN3O2S/c1-18(2,3)27-17(25)22-8-28-7-11(22)16(24)21-13-10-6-9(19)4-5-12(10)26-14(13)15(20)23;14-6-1-2-9-7(3-6)10-11(19-9)13(18)17-12(16-10)8-4-20-5-15-8/h4-6,11H,7-8H2,1-3H3,(H2,20,23)(H,21,24);1-3,8,15H,4-5H2,(H,16,17,18)/t11-;8-/m00/s1. The molecule has 2 aliphatic heterocycles. The van der Waals surface area contributed by atoms with E-state index >= 15 is 0 Å². The van der Waals surface area contributed by atoms with Gasteiger partial charge in [-0.2, -0.15) is 0 Å². The number of hydrogen-bond donors (Lipinski definition) is 4. The van der Waals surface area contributed by atoms with Crippen LogP contribution in [0.1, 0.15) is 43.2 Å². The molecule has 48 heavy (non-hydrogen) atoms. The van der Waals surface area contributed by atoms with Gasteiger partial charge in [-0.15, -0.1) is 23.5 Å². The first kappa shape index (κ1) is 34.4. The zero-order chi connectivity index (χ0) is 34.3. The predicted octanol–water partition coefficient (Wildman–Crippen LogP) is 6.31. The second kappa shape index (κ2) is 13.8. The molecule has 17 heteroatoms. The van der Waals surface area contributed by atoms with Crippen LogP contribution in [0.2, 0.25) is 0 Å². The van der Waals surface area contributed by atoms with Crippen molar-refractivity contribution < 1.29 is 28.0 Å². The summed E-state index contributed by atoms with van der Waals surface area (Å²) < 4.78 is 18.2. The van der Waals surface area contributed by atoms with E-state index in [0.717, 1.165) is 26.0 Å². The van der Waals surface area contributed by atoms with Gasteiger partial charge in [-0.25, -0.2) is 9.78 Å². The quantitative estimate of drug-likeness (QED) is 0.159. The van der Waals surface area contributed by atoms with Crippen molar-refractivity contribution in [1.82, 2.24) is 20.2 Å². The van der Waals surface area contributed by atoms with E-state index in [2.05, 4.69) is 52.5 Å². The van der Waals surface area contributed by atoms with Crippen molar-refractivity contribution in [2.45, 2.75) is 38.5 Å². The summed E-state index contributed by atoms with van der Waals surface area (Å²) in [5.41, 5.74) is 6.70. The fourth-order valence-electron chi connectivity index (χ4n) is 5.11. The number of fused-ring (bicyclic) bond motifs is 4. The van der Waals surface area contributed by atoms with Crippen molar-refractivity contribution in [3.8, 4) is 0 Å². The molecular weight excluding hydrogens is 792 g/mol. The molecule has 252 valence electrons. The van der Waals surface area contributed by atoms with Crippen LogP contribution in [-0.4, -0.2) is 67.7 Å². The van der Waals surface area contributed by atoms with Crippen molar-refractivity contribution in [1.29, 1.82) is 0 Å². The number of rotatable bonds is 4. The molecule has 0 aliphatic carbocycles. The number of aromatic nitrogens is 2. The molecule has 3 aromatic heterocycles. The lowest BCUT2D eigenvalue weighted by molar-refractivity contribution is -0.120. The van der Waals surface area contributed by atoms with Crippen LogP contribution < -0.4 is 21.9 Å². The number of aromatic amines is 1. The number of hydrogen-bond acceptors (Lipinski definition) is 11. The molecule has 5 heterocycles. The van der Waals surface area contributed by atoms with Gasteiger partial charge < -0.3 is 29.6 Å². The average molecular weight is 823 g/mol. The number of ether oxygens (including phenoxy) is 1. The Morgan fingerprint density at radius 1 is 1.04 bits per heavy atom. The normalized spacial score (nSPS) is 17.9. The first-order chi connectivity index (χ1) is 22.8. The molecule has 5 aromatic rings. The van der Waals surface area contributed by atoms with E-state index in [-0.39, 0.29) is 28.6 Å². The molecular formula is C31H30Br2N6O7S2. The molecule has 0 spiro atoms. The summed E-state index contributed by atoms with van der Waals surface area (Å²) in [5.74, 6) is 1.83. The number of halogens is 2. The number of nitrogens with two attached hydrogens (primary N) is 1. The Morgan fingerprint density at radius 3 is 2.38 bits per heavy atom.